The fraction of sp³-hybridized carbons (Fsp3) is 0.391. The molecule has 3 rings (SSSR count). The third-order valence-electron chi connectivity index (χ3n) is 5.34. The van der Waals surface area contributed by atoms with Gasteiger partial charge in [-0.3, -0.25) is 9.59 Å². The first-order chi connectivity index (χ1) is 12.8. The number of amides is 2. The Balaban J connectivity index is 1.75. The van der Waals surface area contributed by atoms with Gasteiger partial charge in [-0.25, -0.2) is 0 Å². The van der Waals surface area contributed by atoms with Gasteiger partial charge in [-0.2, -0.15) is 0 Å². The number of likely N-dealkylation sites (tertiary alicyclic amines) is 1. The highest BCUT2D eigenvalue weighted by molar-refractivity contribution is 5.96. The second-order valence-corrected chi connectivity index (χ2v) is 8.01. The summed E-state index contributed by atoms with van der Waals surface area (Å²) in [6.07, 6.45) is 2.28. The molecule has 1 atom stereocenters. The molecule has 1 saturated heterocycles. The molecule has 1 aliphatic rings. The first-order valence-corrected chi connectivity index (χ1v) is 9.65. The lowest BCUT2D eigenvalue weighted by Gasteiger charge is -2.18. The normalized spacial score (nSPS) is 16.7. The summed E-state index contributed by atoms with van der Waals surface area (Å²) in [7, 11) is 0. The van der Waals surface area contributed by atoms with Gasteiger partial charge in [-0.1, -0.05) is 32.0 Å². The van der Waals surface area contributed by atoms with Crippen LogP contribution in [0, 0.1) is 18.8 Å². The largest absolute Gasteiger partial charge is 0.366 e. The van der Waals surface area contributed by atoms with Crippen molar-refractivity contribution in [2.75, 3.05) is 13.1 Å². The molecule has 1 unspecified atom stereocenters. The summed E-state index contributed by atoms with van der Waals surface area (Å²) in [5.41, 5.74) is 9.61. The zero-order chi connectivity index (χ0) is 19.6. The highest BCUT2D eigenvalue weighted by Gasteiger charge is 2.27. The molecule has 1 heterocycles. The predicted octanol–water partition coefficient (Wildman–Crippen LogP) is 4.27. The van der Waals surface area contributed by atoms with Crippen LogP contribution in [0.1, 0.15) is 53.0 Å². The monoisotopic (exact) mass is 364 g/mol. The van der Waals surface area contributed by atoms with Gasteiger partial charge in [-0.15, -0.1) is 0 Å². The number of nitrogens with zero attached hydrogens (tertiary/aromatic N) is 1. The van der Waals surface area contributed by atoms with Crippen molar-refractivity contribution in [1.29, 1.82) is 0 Å². The van der Waals surface area contributed by atoms with Gasteiger partial charge in [0.05, 0.1) is 0 Å². The minimum atomic E-state index is -0.437. The van der Waals surface area contributed by atoms with Crippen LogP contribution < -0.4 is 5.73 Å². The predicted molar refractivity (Wildman–Crippen MR) is 109 cm³/mol. The quantitative estimate of drug-likeness (QED) is 0.861. The molecule has 4 nitrogen and oxygen atoms in total. The number of rotatable bonds is 5. The van der Waals surface area contributed by atoms with Crippen molar-refractivity contribution in [2.45, 2.75) is 33.6 Å². The van der Waals surface area contributed by atoms with E-state index in [4.69, 9.17) is 5.73 Å². The lowest BCUT2D eigenvalue weighted by atomic mass is 9.96. The van der Waals surface area contributed by atoms with Crippen molar-refractivity contribution in [3.05, 3.63) is 59.2 Å². The Bertz CT molecular complexity index is 840. The lowest BCUT2D eigenvalue weighted by molar-refractivity contribution is 0.0785. The van der Waals surface area contributed by atoms with E-state index in [0.717, 1.165) is 36.2 Å². The van der Waals surface area contributed by atoms with Crippen LogP contribution in [0.5, 0.6) is 0 Å². The molecule has 0 aliphatic carbocycles. The number of hydrogen-bond acceptors (Lipinski definition) is 2. The maximum Gasteiger partial charge on any atom is 0.253 e. The van der Waals surface area contributed by atoms with Gasteiger partial charge in [0.15, 0.2) is 0 Å². The van der Waals surface area contributed by atoms with Gasteiger partial charge < -0.3 is 10.6 Å². The Morgan fingerprint density at radius 1 is 1.11 bits per heavy atom. The topological polar surface area (TPSA) is 63.4 Å². The second-order valence-electron chi connectivity index (χ2n) is 8.01. The van der Waals surface area contributed by atoms with Crippen LogP contribution in [-0.2, 0) is 0 Å². The van der Waals surface area contributed by atoms with Crippen molar-refractivity contribution < 1.29 is 9.59 Å². The van der Waals surface area contributed by atoms with Gasteiger partial charge in [-0.05, 0) is 72.6 Å². The van der Waals surface area contributed by atoms with E-state index in [1.165, 1.54) is 6.42 Å². The maximum absolute atomic E-state index is 12.8. The average molecular weight is 364 g/mol. The van der Waals surface area contributed by atoms with Crippen molar-refractivity contribution in [3.63, 3.8) is 0 Å². The summed E-state index contributed by atoms with van der Waals surface area (Å²) < 4.78 is 0. The molecule has 1 aliphatic heterocycles. The maximum atomic E-state index is 12.8. The number of primary amides is 1. The molecule has 2 aromatic carbocycles. The van der Waals surface area contributed by atoms with Crippen molar-refractivity contribution >= 4 is 11.8 Å². The Kier molecular flexibility index (Phi) is 5.64. The summed E-state index contributed by atoms with van der Waals surface area (Å²) in [5.74, 6) is 0.958. The highest BCUT2D eigenvalue weighted by atomic mass is 16.2. The molecule has 0 saturated carbocycles. The summed E-state index contributed by atoms with van der Waals surface area (Å²) in [6.45, 7) is 8.17. The molecule has 0 radical (unpaired) electrons. The summed E-state index contributed by atoms with van der Waals surface area (Å²) in [4.78, 5) is 26.2. The van der Waals surface area contributed by atoms with Crippen LogP contribution in [-0.4, -0.2) is 29.8 Å². The van der Waals surface area contributed by atoms with Gasteiger partial charge in [0.25, 0.3) is 5.91 Å². The molecule has 0 spiro atoms. The number of benzene rings is 2. The molecule has 142 valence electrons. The lowest BCUT2D eigenvalue weighted by Crippen LogP contribution is -2.28. The first-order valence-electron chi connectivity index (χ1n) is 9.65. The Morgan fingerprint density at radius 2 is 1.78 bits per heavy atom. The van der Waals surface area contributed by atoms with E-state index in [9.17, 15) is 9.59 Å². The SMILES string of the molecule is Cc1ccc(C(N)=O)cc1-c1ccc(C(=O)N2CCC(CC(C)C)C2)cc1. The molecule has 2 amide bonds. The summed E-state index contributed by atoms with van der Waals surface area (Å²) >= 11 is 0. The van der Waals surface area contributed by atoms with E-state index in [1.807, 2.05) is 48.2 Å². The van der Waals surface area contributed by atoms with E-state index in [2.05, 4.69) is 13.8 Å². The van der Waals surface area contributed by atoms with Gasteiger partial charge in [0, 0.05) is 24.2 Å². The number of hydrogen-bond donors (Lipinski definition) is 1. The molecule has 27 heavy (non-hydrogen) atoms. The van der Waals surface area contributed by atoms with Crippen LogP contribution in [0.4, 0.5) is 0 Å². The van der Waals surface area contributed by atoms with Crippen LogP contribution >= 0.6 is 0 Å². The minimum absolute atomic E-state index is 0.107. The van der Waals surface area contributed by atoms with Crippen LogP contribution in [0.3, 0.4) is 0 Å². The highest BCUT2D eigenvalue weighted by Crippen LogP contribution is 2.27. The first kappa shape index (κ1) is 19.2. The molecular weight excluding hydrogens is 336 g/mol. The van der Waals surface area contributed by atoms with Crippen molar-refractivity contribution in [1.82, 2.24) is 4.90 Å². The Morgan fingerprint density at radius 3 is 2.41 bits per heavy atom. The van der Waals surface area contributed by atoms with Gasteiger partial charge in [0.1, 0.15) is 0 Å². The molecule has 2 N–H and O–H groups in total. The third-order valence-corrected chi connectivity index (χ3v) is 5.34. The van der Waals surface area contributed by atoms with E-state index >= 15 is 0 Å². The van der Waals surface area contributed by atoms with E-state index in [1.54, 1.807) is 6.07 Å². The summed E-state index contributed by atoms with van der Waals surface area (Å²) in [6, 6.07) is 13.1. The molecular formula is C23H28N2O2. The van der Waals surface area contributed by atoms with Crippen molar-refractivity contribution in [2.24, 2.45) is 17.6 Å². The third kappa shape index (κ3) is 4.38. The zero-order valence-electron chi connectivity index (χ0n) is 16.4. The number of aryl methyl sites for hydroxylation is 1. The molecule has 1 fully saturated rings. The fourth-order valence-corrected chi connectivity index (χ4v) is 3.94. The van der Waals surface area contributed by atoms with Crippen molar-refractivity contribution in [3.8, 4) is 11.1 Å². The Hall–Kier alpha value is -2.62. The number of nitrogens with two attached hydrogens (primary N) is 1. The number of carbonyl (C=O) groups excluding carboxylic acids is 2. The minimum Gasteiger partial charge on any atom is -0.366 e. The molecule has 4 heteroatoms. The number of carbonyl (C=O) groups is 2. The van der Waals surface area contributed by atoms with Crippen LogP contribution in [0.2, 0.25) is 0 Å². The Labute approximate surface area is 161 Å². The van der Waals surface area contributed by atoms with E-state index in [0.29, 0.717) is 23.0 Å². The standard InChI is InChI=1S/C23H28N2O2/c1-15(2)12-17-10-11-25(14-17)23(27)19-8-6-18(7-9-19)21-13-20(22(24)26)5-4-16(21)3/h4-9,13,15,17H,10-12,14H2,1-3H3,(H2,24,26). The zero-order valence-corrected chi connectivity index (χ0v) is 16.4. The summed E-state index contributed by atoms with van der Waals surface area (Å²) in [5, 5.41) is 0. The van der Waals surface area contributed by atoms with Gasteiger partial charge in [0.2, 0.25) is 5.91 Å². The molecule has 0 aromatic heterocycles. The molecule has 2 aromatic rings. The van der Waals surface area contributed by atoms with E-state index in [-0.39, 0.29) is 5.91 Å². The average Bonchev–Trinajstić information content (AvgIpc) is 3.09. The van der Waals surface area contributed by atoms with Crippen LogP contribution in [0.25, 0.3) is 11.1 Å². The van der Waals surface area contributed by atoms with Gasteiger partial charge >= 0.3 is 0 Å². The second kappa shape index (κ2) is 7.95. The fourth-order valence-electron chi connectivity index (χ4n) is 3.94. The van der Waals surface area contributed by atoms with Crippen LogP contribution in [0.15, 0.2) is 42.5 Å². The smallest absolute Gasteiger partial charge is 0.253 e. The van der Waals surface area contributed by atoms with E-state index < -0.39 is 5.91 Å². The molecule has 0 bridgehead atoms.